The van der Waals surface area contributed by atoms with Crippen molar-refractivity contribution in [2.24, 2.45) is 0 Å². The van der Waals surface area contributed by atoms with Gasteiger partial charge in [-0.3, -0.25) is 4.79 Å². The number of hydrogen-bond acceptors (Lipinski definition) is 4. The molecule has 2 aliphatic rings. The van der Waals surface area contributed by atoms with Gasteiger partial charge in [0.2, 0.25) is 15.9 Å². The molecule has 0 aromatic heterocycles. The van der Waals surface area contributed by atoms with E-state index >= 15 is 0 Å². The molecule has 0 unspecified atom stereocenters. The van der Waals surface area contributed by atoms with Gasteiger partial charge in [0.05, 0.1) is 4.90 Å². The third kappa shape index (κ3) is 4.00. The number of nitrogens with zero attached hydrogens (tertiary/aromatic N) is 2. The maximum Gasteiger partial charge on any atom is 0.243 e. The predicted octanol–water partition coefficient (Wildman–Crippen LogP) is 1.78. The molecule has 0 spiro atoms. The van der Waals surface area contributed by atoms with Gasteiger partial charge in [-0.2, -0.15) is 4.31 Å². The first-order valence-electron chi connectivity index (χ1n) is 8.51. The van der Waals surface area contributed by atoms with Gasteiger partial charge in [-0.1, -0.05) is 6.07 Å². The molecule has 0 radical (unpaired) electrons. The van der Waals surface area contributed by atoms with Crippen LogP contribution in [0.25, 0.3) is 0 Å². The number of anilines is 1. The molecule has 0 atom stereocenters. The van der Waals surface area contributed by atoms with Crippen LogP contribution in [0.3, 0.4) is 0 Å². The van der Waals surface area contributed by atoms with Crippen molar-refractivity contribution in [1.29, 1.82) is 0 Å². The highest BCUT2D eigenvalue weighted by atomic mass is 35.5. The summed E-state index contributed by atoms with van der Waals surface area (Å²) in [7, 11) is -1.89. The van der Waals surface area contributed by atoms with E-state index in [0.29, 0.717) is 6.54 Å². The van der Waals surface area contributed by atoms with Gasteiger partial charge >= 0.3 is 0 Å². The Morgan fingerprint density at radius 1 is 1.28 bits per heavy atom. The molecular weight excluding hydrogens is 362 g/mol. The lowest BCUT2D eigenvalue weighted by molar-refractivity contribution is -0.116. The Labute approximate surface area is 156 Å². The van der Waals surface area contributed by atoms with Crippen LogP contribution in [-0.4, -0.2) is 51.4 Å². The second-order valence-electron chi connectivity index (χ2n) is 6.57. The van der Waals surface area contributed by atoms with E-state index in [9.17, 15) is 13.2 Å². The largest absolute Gasteiger partial charge is 0.317 e. The lowest BCUT2D eigenvalue weighted by Crippen LogP contribution is -2.44. The summed E-state index contributed by atoms with van der Waals surface area (Å²) in [6.45, 7) is 3.85. The lowest BCUT2D eigenvalue weighted by atomic mass is 10.0. The van der Waals surface area contributed by atoms with Crippen LogP contribution in [0.15, 0.2) is 23.1 Å². The maximum absolute atomic E-state index is 13.0. The Hall–Kier alpha value is -1.15. The average Bonchev–Trinajstić information content (AvgIpc) is 2.60. The van der Waals surface area contributed by atoms with E-state index in [-0.39, 0.29) is 29.3 Å². The molecule has 3 rings (SSSR count). The summed E-state index contributed by atoms with van der Waals surface area (Å²) in [6, 6.07) is 5.22. The monoisotopic (exact) mass is 387 g/mol. The fourth-order valence-electron chi connectivity index (χ4n) is 3.57. The van der Waals surface area contributed by atoms with Crippen molar-refractivity contribution in [3.8, 4) is 0 Å². The van der Waals surface area contributed by atoms with Crippen molar-refractivity contribution in [3.63, 3.8) is 0 Å². The highest BCUT2D eigenvalue weighted by Gasteiger charge is 2.30. The van der Waals surface area contributed by atoms with E-state index in [0.717, 1.165) is 50.0 Å². The normalized spacial score (nSPS) is 18.6. The van der Waals surface area contributed by atoms with Gasteiger partial charge in [-0.25, -0.2) is 8.42 Å². The molecule has 1 N–H and O–H groups in total. The molecule has 2 heterocycles. The zero-order chi connectivity index (χ0) is 17.3. The summed E-state index contributed by atoms with van der Waals surface area (Å²) in [5, 5.41) is 3.25. The van der Waals surface area contributed by atoms with Crippen molar-refractivity contribution < 1.29 is 13.2 Å². The van der Waals surface area contributed by atoms with Crippen LogP contribution in [0.2, 0.25) is 0 Å². The molecule has 2 aliphatic heterocycles. The number of carbonyl (C=O) groups excluding carboxylic acids is 1. The number of amides is 1. The Morgan fingerprint density at radius 3 is 2.60 bits per heavy atom. The number of halogens is 1. The maximum atomic E-state index is 13.0. The summed E-state index contributed by atoms with van der Waals surface area (Å²) in [4.78, 5) is 13.8. The number of fused-ring (bicyclic) bond motifs is 1. The molecule has 1 saturated heterocycles. The number of carbonyl (C=O) groups is 1. The highest BCUT2D eigenvalue weighted by molar-refractivity contribution is 7.89. The van der Waals surface area contributed by atoms with Crippen LogP contribution in [0, 0.1) is 0 Å². The van der Waals surface area contributed by atoms with E-state index in [1.807, 2.05) is 6.07 Å². The van der Waals surface area contributed by atoms with Crippen molar-refractivity contribution in [2.75, 3.05) is 31.6 Å². The second-order valence-corrected chi connectivity index (χ2v) is 8.56. The van der Waals surface area contributed by atoms with Crippen molar-refractivity contribution >= 4 is 34.0 Å². The minimum Gasteiger partial charge on any atom is -0.317 e. The number of aryl methyl sites for hydroxylation is 1. The Bertz CT molecular complexity index is 733. The predicted molar refractivity (Wildman–Crippen MR) is 101 cm³/mol. The van der Waals surface area contributed by atoms with Gasteiger partial charge in [0.15, 0.2) is 0 Å². The topological polar surface area (TPSA) is 69.7 Å². The highest BCUT2D eigenvalue weighted by Crippen LogP contribution is 2.31. The van der Waals surface area contributed by atoms with Crippen molar-refractivity contribution in [3.05, 3.63) is 23.8 Å². The van der Waals surface area contributed by atoms with Crippen LogP contribution in [-0.2, 0) is 21.2 Å². The third-order valence-corrected chi connectivity index (χ3v) is 6.96. The Balaban J connectivity index is 0.00000225. The van der Waals surface area contributed by atoms with Crippen molar-refractivity contribution in [2.45, 2.75) is 43.5 Å². The van der Waals surface area contributed by atoms with Gasteiger partial charge in [0.25, 0.3) is 0 Å². The molecule has 0 saturated carbocycles. The van der Waals surface area contributed by atoms with E-state index in [1.165, 1.54) is 11.2 Å². The molecule has 140 valence electrons. The van der Waals surface area contributed by atoms with E-state index in [1.54, 1.807) is 24.1 Å². The minimum absolute atomic E-state index is 0. The number of nitrogens with one attached hydrogen (secondary N) is 1. The summed E-state index contributed by atoms with van der Waals surface area (Å²) >= 11 is 0. The van der Waals surface area contributed by atoms with Crippen LogP contribution >= 0.6 is 12.4 Å². The number of rotatable bonds is 3. The molecule has 25 heavy (non-hydrogen) atoms. The number of benzene rings is 1. The second kappa shape index (κ2) is 8.03. The van der Waals surface area contributed by atoms with E-state index in [2.05, 4.69) is 5.32 Å². The molecule has 8 heteroatoms. The number of hydrogen-bond donors (Lipinski definition) is 1. The number of sulfonamides is 1. The fraction of sp³-hybridized carbons (Fsp3) is 0.588. The molecule has 1 aromatic carbocycles. The quantitative estimate of drug-likeness (QED) is 0.858. The van der Waals surface area contributed by atoms with E-state index < -0.39 is 10.0 Å². The third-order valence-electron chi connectivity index (χ3n) is 5.06. The van der Waals surface area contributed by atoms with Crippen LogP contribution in [0.5, 0.6) is 0 Å². The molecule has 1 aromatic rings. The fourth-order valence-corrected chi connectivity index (χ4v) is 5.01. The first kappa shape index (κ1) is 20.2. The van der Waals surface area contributed by atoms with Gasteiger partial charge in [-0.15, -0.1) is 12.4 Å². The summed E-state index contributed by atoms with van der Waals surface area (Å²) in [6.07, 6.45) is 3.43. The molecular formula is C17H26ClN3O3S. The van der Waals surface area contributed by atoms with Gasteiger partial charge < -0.3 is 10.2 Å². The minimum atomic E-state index is -3.55. The molecule has 1 amide bonds. The number of piperidine rings is 1. The molecule has 0 bridgehead atoms. The standard InChI is InChI=1S/C17H25N3O3S.ClH/c1-13(21)20-11-3-4-14-5-6-16(12-17(14)20)24(22,23)19(2)15-7-9-18-10-8-15;/h5-6,12,15,18H,3-4,7-11H2,1-2H3;1H. The first-order valence-corrected chi connectivity index (χ1v) is 9.95. The van der Waals surface area contributed by atoms with Crippen LogP contribution in [0.1, 0.15) is 31.7 Å². The van der Waals surface area contributed by atoms with E-state index in [4.69, 9.17) is 0 Å². The Morgan fingerprint density at radius 2 is 1.96 bits per heavy atom. The van der Waals surface area contributed by atoms with Crippen LogP contribution < -0.4 is 10.2 Å². The van der Waals surface area contributed by atoms with Crippen molar-refractivity contribution in [1.82, 2.24) is 9.62 Å². The molecule has 0 aliphatic carbocycles. The summed E-state index contributed by atoms with van der Waals surface area (Å²) in [5.41, 5.74) is 1.79. The smallest absolute Gasteiger partial charge is 0.243 e. The first-order chi connectivity index (χ1) is 11.4. The van der Waals surface area contributed by atoms with Gasteiger partial charge in [0, 0.05) is 32.2 Å². The summed E-state index contributed by atoms with van der Waals surface area (Å²) < 4.78 is 27.5. The molecule has 1 fully saturated rings. The zero-order valence-corrected chi connectivity index (χ0v) is 16.3. The van der Waals surface area contributed by atoms with Crippen LogP contribution in [0.4, 0.5) is 5.69 Å². The lowest BCUT2D eigenvalue weighted by Gasteiger charge is -2.32. The SMILES string of the molecule is CC(=O)N1CCCc2ccc(S(=O)(=O)N(C)C3CCNCC3)cc21.Cl. The zero-order valence-electron chi connectivity index (χ0n) is 14.7. The summed E-state index contributed by atoms with van der Waals surface area (Å²) in [5.74, 6) is -0.0443. The average molecular weight is 388 g/mol. The molecule has 6 nitrogen and oxygen atoms in total. The van der Waals surface area contributed by atoms with Gasteiger partial charge in [-0.05, 0) is 56.5 Å². The Kier molecular flexibility index (Phi) is 6.48. The van der Waals surface area contributed by atoms with Gasteiger partial charge in [0.1, 0.15) is 0 Å².